The van der Waals surface area contributed by atoms with Crippen LogP contribution in [-0.2, 0) is 24.2 Å². The van der Waals surface area contributed by atoms with E-state index in [1.165, 1.54) is 16.7 Å². The molecule has 2 heterocycles. The number of hydrogen-bond acceptors (Lipinski definition) is 4. The summed E-state index contributed by atoms with van der Waals surface area (Å²) in [7, 11) is 1.65. The second-order valence-electron chi connectivity index (χ2n) is 9.81. The van der Waals surface area contributed by atoms with E-state index >= 15 is 0 Å². The Morgan fingerprint density at radius 1 is 1.09 bits per heavy atom. The number of benzene rings is 2. The fourth-order valence-electron chi connectivity index (χ4n) is 5.07. The van der Waals surface area contributed by atoms with Crippen LogP contribution in [0.2, 0.25) is 0 Å². The van der Waals surface area contributed by atoms with E-state index < -0.39 is 0 Å². The van der Waals surface area contributed by atoms with Crippen molar-refractivity contribution in [1.82, 2.24) is 9.88 Å². The van der Waals surface area contributed by atoms with E-state index in [1.807, 2.05) is 50.2 Å². The van der Waals surface area contributed by atoms with Crippen molar-refractivity contribution in [3.8, 4) is 11.5 Å². The maximum atomic E-state index is 13.5. The Labute approximate surface area is 209 Å². The zero-order valence-electron chi connectivity index (χ0n) is 21.5. The van der Waals surface area contributed by atoms with Gasteiger partial charge in [-0.1, -0.05) is 57.2 Å². The van der Waals surface area contributed by atoms with Crippen LogP contribution in [0.3, 0.4) is 0 Å². The highest BCUT2D eigenvalue weighted by Crippen LogP contribution is 2.38. The molecular formula is C30H36N2O3. The lowest BCUT2D eigenvalue weighted by atomic mass is 9.85. The maximum Gasteiger partial charge on any atom is 0.226 e. The minimum atomic E-state index is -0.0559. The molecule has 184 valence electrons. The van der Waals surface area contributed by atoms with Crippen molar-refractivity contribution in [2.75, 3.05) is 13.7 Å². The van der Waals surface area contributed by atoms with Crippen LogP contribution in [0.15, 0.2) is 60.7 Å². The molecule has 5 heteroatoms. The number of ether oxygens (including phenoxy) is 2. The summed E-state index contributed by atoms with van der Waals surface area (Å²) in [5.41, 5.74) is 5.40. The van der Waals surface area contributed by atoms with Gasteiger partial charge in [-0.25, -0.2) is 0 Å². The first-order chi connectivity index (χ1) is 16.9. The molecule has 35 heavy (non-hydrogen) atoms. The van der Waals surface area contributed by atoms with Crippen molar-refractivity contribution < 1.29 is 14.3 Å². The number of carbonyl (C=O) groups is 1. The van der Waals surface area contributed by atoms with E-state index in [0.717, 1.165) is 42.3 Å². The smallest absolute Gasteiger partial charge is 0.226 e. The summed E-state index contributed by atoms with van der Waals surface area (Å²) >= 11 is 0. The first-order valence-corrected chi connectivity index (χ1v) is 12.5. The van der Waals surface area contributed by atoms with Gasteiger partial charge in [-0.05, 0) is 66.6 Å². The summed E-state index contributed by atoms with van der Waals surface area (Å²) in [5.74, 6) is 2.03. The van der Waals surface area contributed by atoms with Gasteiger partial charge in [0, 0.05) is 18.2 Å². The molecule has 1 amide bonds. The van der Waals surface area contributed by atoms with Crippen LogP contribution in [0.1, 0.15) is 54.9 Å². The number of nitrogens with zero attached hydrogens (tertiary/aromatic N) is 2. The first-order valence-electron chi connectivity index (χ1n) is 12.5. The normalized spacial score (nSPS) is 16.1. The minimum Gasteiger partial charge on any atom is -0.495 e. The molecule has 5 nitrogen and oxygen atoms in total. The SMILES string of the molecule is COc1ccc(C)nc1COc1ccc2c(c1)CCN(C(=O)C(C)Cc1ccccc1)[C@H]2C(C)C. The predicted octanol–water partition coefficient (Wildman–Crippen LogP) is 5.94. The maximum absolute atomic E-state index is 13.5. The number of carbonyl (C=O) groups excluding carboxylic acids is 1. The van der Waals surface area contributed by atoms with Crippen LogP contribution >= 0.6 is 0 Å². The minimum absolute atomic E-state index is 0.0559. The van der Waals surface area contributed by atoms with Gasteiger partial charge in [0.25, 0.3) is 0 Å². The molecule has 0 saturated heterocycles. The summed E-state index contributed by atoms with van der Waals surface area (Å²) in [5, 5.41) is 0. The van der Waals surface area contributed by atoms with E-state index in [-0.39, 0.29) is 17.9 Å². The third-order valence-electron chi connectivity index (χ3n) is 6.78. The highest BCUT2D eigenvalue weighted by molar-refractivity contribution is 5.79. The zero-order chi connectivity index (χ0) is 24.9. The fraction of sp³-hybridized carbons (Fsp3) is 0.400. The molecule has 1 unspecified atom stereocenters. The largest absolute Gasteiger partial charge is 0.495 e. The average molecular weight is 473 g/mol. The summed E-state index contributed by atoms with van der Waals surface area (Å²) < 4.78 is 11.5. The van der Waals surface area contributed by atoms with Crippen LogP contribution in [0.5, 0.6) is 11.5 Å². The van der Waals surface area contributed by atoms with E-state index in [1.54, 1.807) is 7.11 Å². The molecule has 1 aromatic heterocycles. The number of pyridine rings is 1. The van der Waals surface area contributed by atoms with Crippen LogP contribution < -0.4 is 9.47 Å². The van der Waals surface area contributed by atoms with Crippen molar-refractivity contribution in [3.63, 3.8) is 0 Å². The standard InChI is InChI=1S/C30H36N2O3/c1-20(2)29-26-13-12-25(35-19-27-28(34-5)14-11-22(4)31-27)18-24(26)15-16-32(29)30(33)21(3)17-23-9-7-6-8-10-23/h6-14,18,20-21,29H,15-17,19H2,1-5H3/t21?,29-/m0/s1. The second-order valence-corrected chi connectivity index (χ2v) is 9.81. The molecule has 2 aromatic carbocycles. The number of methoxy groups -OCH3 is 1. The predicted molar refractivity (Wildman–Crippen MR) is 139 cm³/mol. The van der Waals surface area contributed by atoms with Gasteiger partial charge >= 0.3 is 0 Å². The molecular weight excluding hydrogens is 436 g/mol. The Morgan fingerprint density at radius 2 is 1.86 bits per heavy atom. The lowest BCUT2D eigenvalue weighted by molar-refractivity contribution is -0.139. The second kappa shape index (κ2) is 10.9. The number of rotatable bonds is 8. The molecule has 3 aromatic rings. The lowest BCUT2D eigenvalue weighted by Crippen LogP contribution is -2.44. The lowest BCUT2D eigenvalue weighted by Gasteiger charge is -2.41. The molecule has 1 aliphatic heterocycles. The van der Waals surface area contributed by atoms with Gasteiger partial charge < -0.3 is 14.4 Å². The Morgan fingerprint density at radius 3 is 2.57 bits per heavy atom. The zero-order valence-corrected chi connectivity index (χ0v) is 21.5. The number of fused-ring (bicyclic) bond motifs is 1. The van der Waals surface area contributed by atoms with Crippen molar-refractivity contribution in [1.29, 1.82) is 0 Å². The molecule has 0 fully saturated rings. The number of aryl methyl sites for hydroxylation is 1. The third-order valence-corrected chi connectivity index (χ3v) is 6.78. The Balaban J connectivity index is 1.50. The van der Waals surface area contributed by atoms with Gasteiger partial charge in [0.05, 0.1) is 13.2 Å². The molecule has 1 aliphatic rings. The molecule has 2 atom stereocenters. The highest BCUT2D eigenvalue weighted by Gasteiger charge is 2.34. The van der Waals surface area contributed by atoms with Crippen LogP contribution in [0, 0.1) is 18.8 Å². The van der Waals surface area contributed by atoms with Crippen LogP contribution in [0.25, 0.3) is 0 Å². The number of aromatic nitrogens is 1. The van der Waals surface area contributed by atoms with Gasteiger partial charge in [0.15, 0.2) is 0 Å². The molecule has 0 spiro atoms. The van der Waals surface area contributed by atoms with Crippen molar-refractivity contribution >= 4 is 5.91 Å². The molecule has 0 radical (unpaired) electrons. The van der Waals surface area contributed by atoms with Gasteiger partial charge in [-0.15, -0.1) is 0 Å². The topological polar surface area (TPSA) is 51.7 Å². The molecule has 0 bridgehead atoms. The van der Waals surface area contributed by atoms with Crippen molar-refractivity contribution in [2.45, 2.75) is 53.2 Å². The van der Waals surface area contributed by atoms with E-state index in [0.29, 0.717) is 12.5 Å². The average Bonchev–Trinajstić information content (AvgIpc) is 2.86. The van der Waals surface area contributed by atoms with Gasteiger partial charge in [0.1, 0.15) is 23.8 Å². The van der Waals surface area contributed by atoms with E-state index in [2.05, 4.69) is 48.0 Å². The quantitative estimate of drug-likeness (QED) is 0.407. The van der Waals surface area contributed by atoms with Gasteiger partial charge in [-0.3, -0.25) is 9.78 Å². The Hall–Kier alpha value is -3.34. The molecule has 4 rings (SSSR count). The number of hydrogen-bond donors (Lipinski definition) is 0. The van der Waals surface area contributed by atoms with Crippen LogP contribution in [-0.4, -0.2) is 29.4 Å². The summed E-state index contributed by atoms with van der Waals surface area (Å²) in [6.07, 6.45) is 1.59. The Kier molecular flexibility index (Phi) is 7.74. The van der Waals surface area contributed by atoms with Crippen molar-refractivity contribution in [3.05, 3.63) is 88.7 Å². The molecule has 0 saturated carbocycles. The van der Waals surface area contributed by atoms with E-state index in [4.69, 9.17) is 9.47 Å². The van der Waals surface area contributed by atoms with Crippen molar-refractivity contribution in [2.24, 2.45) is 11.8 Å². The number of amides is 1. The van der Waals surface area contributed by atoms with Gasteiger partial charge in [-0.2, -0.15) is 0 Å². The molecule has 0 N–H and O–H groups in total. The Bertz CT molecular complexity index is 1160. The molecule has 0 aliphatic carbocycles. The summed E-state index contributed by atoms with van der Waals surface area (Å²) in [6, 6.07) is 20.5. The summed E-state index contributed by atoms with van der Waals surface area (Å²) in [4.78, 5) is 20.2. The van der Waals surface area contributed by atoms with E-state index in [9.17, 15) is 4.79 Å². The monoisotopic (exact) mass is 472 g/mol. The van der Waals surface area contributed by atoms with Crippen LogP contribution in [0.4, 0.5) is 0 Å². The fourth-order valence-corrected chi connectivity index (χ4v) is 5.07. The summed E-state index contributed by atoms with van der Waals surface area (Å²) in [6.45, 7) is 9.47. The first kappa shape index (κ1) is 24.8. The van der Waals surface area contributed by atoms with Gasteiger partial charge in [0.2, 0.25) is 5.91 Å². The highest BCUT2D eigenvalue weighted by atomic mass is 16.5. The third kappa shape index (κ3) is 5.67.